The monoisotopic (exact) mass is 294 g/mol. The number of aromatic nitrogens is 3. The predicted molar refractivity (Wildman–Crippen MR) is 69.1 cm³/mol. The van der Waals surface area contributed by atoms with E-state index in [0.717, 1.165) is 6.42 Å². The Bertz CT molecular complexity index is 699. The molecule has 0 amide bonds. The highest BCUT2D eigenvalue weighted by Crippen LogP contribution is 2.34. The summed E-state index contributed by atoms with van der Waals surface area (Å²) in [6.07, 6.45) is 4.37. The first-order chi connectivity index (χ1) is 9.59. The zero-order chi connectivity index (χ0) is 14.2. The average Bonchev–Trinajstić information content (AvgIpc) is 3.08. The first kappa shape index (κ1) is 13.2. The fourth-order valence-electron chi connectivity index (χ4n) is 2.37. The van der Waals surface area contributed by atoms with Crippen LogP contribution in [0, 0.1) is 6.92 Å². The van der Waals surface area contributed by atoms with Gasteiger partial charge in [0.15, 0.2) is 5.82 Å². The smallest absolute Gasteiger partial charge is 0.245 e. The molecule has 106 valence electrons. The highest BCUT2D eigenvalue weighted by atomic mass is 32.2. The summed E-state index contributed by atoms with van der Waals surface area (Å²) in [4.78, 5) is 8.21. The van der Waals surface area contributed by atoms with Crippen LogP contribution in [0.15, 0.2) is 33.9 Å². The van der Waals surface area contributed by atoms with Crippen molar-refractivity contribution < 1.29 is 12.9 Å². The summed E-state index contributed by atoms with van der Waals surface area (Å²) >= 11 is 0. The molecule has 1 saturated heterocycles. The van der Waals surface area contributed by atoms with Crippen LogP contribution < -0.4 is 0 Å². The van der Waals surface area contributed by atoms with Gasteiger partial charge in [-0.25, -0.2) is 8.42 Å². The molecule has 7 nitrogen and oxygen atoms in total. The van der Waals surface area contributed by atoms with Crippen molar-refractivity contribution >= 4 is 10.0 Å². The Morgan fingerprint density at radius 3 is 2.95 bits per heavy atom. The Morgan fingerprint density at radius 1 is 1.45 bits per heavy atom. The lowest BCUT2D eigenvalue weighted by atomic mass is 10.2. The van der Waals surface area contributed by atoms with Gasteiger partial charge in [-0.1, -0.05) is 5.16 Å². The SMILES string of the molecule is Cc1nc([C@@H]2CCCN2S(=O)(=O)c2cccnc2)no1. The molecule has 0 saturated carbocycles. The van der Waals surface area contributed by atoms with Gasteiger partial charge >= 0.3 is 0 Å². The summed E-state index contributed by atoms with van der Waals surface area (Å²) < 4.78 is 31.6. The van der Waals surface area contributed by atoms with Gasteiger partial charge in [0.05, 0.1) is 6.04 Å². The Balaban J connectivity index is 1.97. The Labute approximate surface area is 116 Å². The number of hydrogen-bond acceptors (Lipinski definition) is 6. The maximum Gasteiger partial charge on any atom is 0.245 e. The van der Waals surface area contributed by atoms with Crippen LogP contribution in [0.2, 0.25) is 0 Å². The molecule has 0 N–H and O–H groups in total. The van der Waals surface area contributed by atoms with E-state index in [2.05, 4.69) is 15.1 Å². The van der Waals surface area contributed by atoms with Crippen LogP contribution in [-0.4, -0.2) is 34.4 Å². The number of aryl methyl sites for hydroxylation is 1. The van der Waals surface area contributed by atoms with E-state index in [9.17, 15) is 8.42 Å². The van der Waals surface area contributed by atoms with Crippen LogP contribution in [0.3, 0.4) is 0 Å². The quantitative estimate of drug-likeness (QED) is 0.847. The third kappa shape index (κ3) is 2.20. The Kier molecular flexibility index (Phi) is 3.27. The average molecular weight is 294 g/mol. The van der Waals surface area contributed by atoms with Crippen molar-refractivity contribution in [3.8, 4) is 0 Å². The number of hydrogen-bond donors (Lipinski definition) is 0. The number of nitrogens with zero attached hydrogens (tertiary/aromatic N) is 4. The van der Waals surface area contributed by atoms with Gasteiger partial charge in [-0.05, 0) is 25.0 Å². The standard InChI is InChI=1S/C12H14N4O3S/c1-9-14-12(15-19-9)11-5-3-7-16(11)20(17,18)10-4-2-6-13-8-10/h2,4,6,8,11H,3,5,7H2,1H3/t11-/m0/s1. The third-order valence-corrected chi connectivity index (χ3v) is 5.18. The minimum Gasteiger partial charge on any atom is -0.340 e. The molecule has 3 heterocycles. The van der Waals surface area contributed by atoms with Gasteiger partial charge in [-0.2, -0.15) is 9.29 Å². The topological polar surface area (TPSA) is 89.2 Å². The van der Waals surface area contributed by atoms with Crippen LogP contribution in [0.4, 0.5) is 0 Å². The normalized spacial score (nSPS) is 20.4. The van der Waals surface area contributed by atoms with Gasteiger partial charge in [0.25, 0.3) is 0 Å². The van der Waals surface area contributed by atoms with E-state index in [1.54, 1.807) is 25.3 Å². The molecule has 1 atom stereocenters. The van der Waals surface area contributed by atoms with E-state index in [1.165, 1.54) is 10.5 Å². The van der Waals surface area contributed by atoms with Crippen molar-refractivity contribution in [1.29, 1.82) is 0 Å². The van der Waals surface area contributed by atoms with Crippen LogP contribution >= 0.6 is 0 Å². The number of rotatable bonds is 3. The lowest BCUT2D eigenvalue weighted by Gasteiger charge is -2.21. The molecule has 1 aliphatic heterocycles. The number of sulfonamides is 1. The highest BCUT2D eigenvalue weighted by Gasteiger charge is 2.38. The second kappa shape index (κ2) is 4.95. The van der Waals surface area contributed by atoms with Gasteiger partial charge in [0, 0.05) is 25.9 Å². The first-order valence-corrected chi connectivity index (χ1v) is 7.75. The van der Waals surface area contributed by atoms with Crippen molar-refractivity contribution in [2.75, 3.05) is 6.54 Å². The van der Waals surface area contributed by atoms with Crippen molar-refractivity contribution in [1.82, 2.24) is 19.4 Å². The second-order valence-corrected chi connectivity index (χ2v) is 6.52. The summed E-state index contributed by atoms with van der Waals surface area (Å²) in [6.45, 7) is 2.14. The van der Waals surface area contributed by atoms with E-state index in [1.807, 2.05) is 0 Å². The highest BCUT2D eigenvalue weighted by molar-refractivity contribution is 7.89. The predicted octanol–water partition coefficient (Wildman–Crippen LogP) is 1.30. The van der Waals surface area contributed by atoms with E-state index in [0.29, 0.717) is 24.7 Å². The molecular weight excluding hydrogens is 280 g/mol. The van der Waals surface area contributed by atoms with Gasteiger partial charge in [0.1, 0.15) is 4.90 Å². The molecule has 0 aromatic carbocycles. The molecule has 1 fully saturated rings. The molecule has 3 rings (SSSR count). The van der Waals surface area contributed by atoms with Crippen LogP contribution in [0.1, 0.15) is 30.6 Å². The Morgan fingerprint density at radius 2 is 2.30 bits per heavy atom. The van der Waals surface area contributed by atoms with Gasteiger partial charge in [-0.15, -0.1) is 0 Å². The molecule has 2 aromatic rings. The second-order valence-electron chi connectivity index (χ2n) is 4.63. The first-order valence-electron chi connectivity index (χ1n) is 6.31. The van der Waals surface area contributed by atoms with E-state index >= 15 is 0 Å². The molecule has 1 aliphatic rings. The lowest BCUT2D eigenvalue weighted by molar-refractivity contribution is 0.349. The van der Waals surface area contributed by atoms with E-state index < -0.39 is 10.0 Å². The summed E-state index contributed by atoms with van der Waals surface area (Å²) in [5, 5.41) is 3.85. The summed E-state index contributed by atoms with van der Waals surface area (Å²) in [7, 11) is -3.58. The maximum atomic E-state index is 12.6. The van der Waals surface area contributed by atoms with E-state index in [4.69, 9.17) is 4.52 Å². The zero-order valence-electron chi connectivity index (χ0n) is 10.9. The summed E-state index contributed by atoms with van der Waals surface area (Å²) in [5.74, 6) is 0.859. The van der Waals surface area contributed by atoms with Gasteiger partial charge in [0.2, 0.25) is 15.9 Å². The molecule has 0 radical (unpaired) electrons. The third-order valence-electron chi connectivity index (χ3n) is 3.29. The molecule has 8 heteroatoms. The van der Waals surface area contributed by atoms with Crippen molar-refractivity contribution in [2.24, 2.45) is 0 Å². The Hall–Kier alpha value is -1.80. The minimum absolute atomic E-state index is 0.187. The van der Waals surface area contributed by atoms with Crippen LogP contribution in [0.5, 0.6) is 0 Å². The molecule has 20 heavy (non-hydrogen) atoms. The summed E-state index contributed by atoms with van der Waals surface area (Å²) in [6, 6.07) is 2.79. The lowest BCUT2D eigenvalue weighted by Crippen LogP contribution is -2.31. The fourth-order valence-corrected chi connectivity index (χ4v) is 3.99. The van der Waals surface area contributed by atoms with Crippen molar-refractivity contribution in [3.05, 3.63) is 36.2 Å². The zero-order valence-corrected chi connectivity index (χ0v) is 11.7. The van der Waals surface area contributed by atoms with Gasteiger partial charge in [-0.3, -0.25) is 4.98 Å². The molecule has 0 aliphatic carbocycles. The molecule has 0 unspecified atom stereocenters. The van der Waals surface area contributed by atoms with Crippen molar-refractivity contribution in [3.63, 3.8) is 0 Å². The van der Waals surface area contributed by atoms with Crippen molar-refractivity contribution in [2.45, 2.75) is 30.7 Å². The molecular formula is C12H14N4O3S. The molecule has 0 spiro atoms. The largest absolute Gasteiger partial charge is 0.340 e. The number of pyridine rings is 1. The van der Waals surface area contributed by atoms with E-state index in [-0.39, 0.29) is 10.9 Å². The minimum atomic E-state index is -3.58. The van der Waals surface area contributed by atoms with Crippen LogP contribution in [-0.2, 0) is 10.0 Å². The summed E-state index contributed by atoms with van der Waals surface area (Å²) in [5.41, 5.74) is 0. The molecule has 0 bridgehead atoms. The fraction of sp³-hybridized carbons (Fsp3) is 0.417. The van der Waals surface area contributed by atoms with Gasteiger partial charge < -0.3 is 4.52 Å². The maximum absolute atomic E-state index is 12.6. The van der Waals surface area contributed by atoms with Crippen LogP contribution in [0.25, 0.3) is 0 Å². The molecule has 2 aromatic heterocycles.